The molecule has 1 N–H and O–H groups in total. The maximum Gasteiger partial charge on any atom is 0.259 e. The first-order chi connectivity index (χ1) is 13.8. The minimum absolute atomic E-state index is 0.0882. The molecule has 5 rings (SSSR count). The smallest absolute Gasteiger partial charge is 0.259 e. The van der Waals surface area contributed by atoms with Crippen LogP contribution in [0, 0.1) is 5.41 Å². The number of benzene rings is 2. The summed E-state index contributed by atoms with van der Waals surface area (Å²) < 4.78 is 5.30. The highest BCUT2D eigenvalue weighted by Gasteiger charge is 2.61. The van der Waals surface area contributed by atoms with E-state index in [0.717, 1.165) is 22.4 Å². The fourth-order valence-corrected chi connectivity index (χ4v) is 5.23. The number of amides is 1. The fourth-order valence-electron chi connectivity index (χ4n) is 5.23. The van der Waals surface area contributed by atoms with Crippen molar-refractivity contribution >= 4 is 22.6 Å². The third-order valence-electron chi connectivity index (χ3n) is 7.38. The molecule has 29 heavy (non-hydrogen) atoms. The maximum atomic E-state index is 12.7. The largest absolute Gasteiger partial charge is 0.496 e. The van der Waals surface area contributed by atoms with Crippen molar-refractivity contribution in [1.29, 1.82) is 0 Å². The Bertz CT molecular complexity index is 1150. The quantitative estimate of drug-likeness (QED) is 0.682. The first kappa shape index (κ1) is 18.1. The predicted octanol–water partition coefficient (Wildman–Crippen LogP) is 5.07. The molecule has 2 bridgehead atoms. The number of para-hydroxylation sites is 1. The molecule has 0 radical (unpaired) electrons. The van der Waals surface area contributed by atoms with Crippen LogP contribution < -0.4 is 10.1 Å². The first-order valence-corrected chi connectivity index (χ1v) is 10.1. The summed E-state index contributed by atoms with van der Waals surface area (Å²) in [6.45, 7) is 7.02. The highest BCUT2D eigenvalue weighted by atomic mass is 16.5. The van der Waals surface area contributed by atoms with Gasteiger partial charge in [0.1, 0.15) is 5.75 Å². The number of nitrogens with one attached hydrogen (secondary N) is 1. The molecule has 1 fully saturated rings. The molecule has 1 heterocycles. The van der Waals surface area contributed by atoms with E-state index < -0.39 is 0 Å². The van der Waals surface area contributed by atoms with Crippen LogP contribution in [0.3, 0.4) is 0 Å². The van der Waals surface area contributed by atoms with Crippen molar-refractivity contribution in [2.75, 3.05) is 12.4 Å². The van der Waals surface area contributed by atoms with Crippen LogP contribution in [0.25, 0.3) is 11.0 Å². The Labute approximate surface area is 170 Å². The van der Waals surface area contributed by atoms with Gasteiger partial charge in [0.05, 0.1) is 35.1 Å². The monoisotopic (exact) mass is 387 g/mol. The molecule has 148 valence electrons. The van der Waals surface area contributed by atoms with Gasteiger partial charge in [-0.05, 0) is 48.6 Å². The summed E-state index contributed by atoms with van der Waals surface area (Å²) in [5, 5.41) is 2.96. The second-order valence-electron chi connectivity index (χ2n) is 8.96. The zero-order valence-electron chi connectivity index (χ0n) is 17.2. The second kappa shape index (κ2) is 6.02. The van der Waals surface area contributed by atoms with Crippen molar-refractivity contribution in [2.45, 2.75) is 44.9 Å². The summed E-state index contributed by atoms with van der Waals surface area (Å²) in [7, 11) is 1.56. The lowest BCUT2D eigenvalue weighted by atomic mass is 9.70. The van der Waals surface area contributed by atoms with E-state index in [9.17, 15) is 4.79 Å². The molecule has 1 aromatic heterocycles. The standard InChI is InChI=1S/C24H25N3O2/c1-23(2)16-11-12-24(23,3)21-20(16)26-18-13-14(9-10-17(18)27-21)25-22(28)15-7-5-6-8-19(15)29-4/h5-10,13,16H,11-12H2,1-4H3,(H,25,28). The van der Waals surface area contributed by atoms with Crippen molar-refractivity contribution in [1.82, 2.24) is 9.97 Å². The number of carbonyl (C=O) groups excluding carboxylic acids is 1. The third kappa shape index (κ3) is 2.43. The summed E-state index contributed by atoms with van der Waals surface area (Å²) in [5.74, 6) is 0.796. The molecule has 0 aliphatic heterocycles. The number of fused-ring (bicyclic) bond motifs is 6. The highest BCUT2D eigenvalue weighted by molar-refractivity contribution is 6.06. The summed E-state index contributed by atoms with van der Waals surface area (Å²) >= 11 is 0. The Morgan fingerprint density at radius 3 is 2.69 bits per heavy atom. The molecule has 2 unspecified atom stereocenters. The summed E-state index contributed by atoms with van der Waals surface area (Å²) in [6.07, 6.45) is 2.34. The number of anilines is 1. The van der Waals surface area contributed by atoms with Gasteiger partial charge in [0.25, 0.3) is 5.91 Å². The van der Waals surface area contributed by atoms with Gasteiger partial charge in [0.15, 0.2) is 0 Å². The molecule has 1 saturated carbocycles. The molecule has 1 amide bonds. The van der Waals surface area contributed by atoms with E-state index in [2.05, 4.69) is 26.1 Å². The van der Waals surface area contributed by atoms with Crippen LogP contribution in [0.5, 0.6) is 5.75 Å². The van der Waals surface area contributed by atoms with E-state index in [1.54, 1.807) is 19.2 Å². The van der Waals surface area contributed by atoms with Gasteiger partial charge in [-0.1, -0.05) is 32.9 Å². The average molecular weight is 387 g/mol. The van der Waals surface area contributed by atoms with E-state index in [0.29, 0.717) is 22.9 Å². The number of hydrogen-bond acceptors (Lipinski definition) is 4. The summed E-state index contributed by atoms with van der Waals surface area (Å²) in [6, 6.07) is 12.9. The Morgan fingerprint density at radius 1 is 1.10 bits per heavy atom. The Balaban J connectivity index is 1.51. The number of carbonyl (C=O) groups is 1. The maximum absolute atomic E-state index is 12.7. The molecule has 3 aromatic rings. The van der Waals surface area contributed by atoms with Crippen molar-refractivity contribution in [3.05, 3.63) is 59.4 Å². The Kier molecular flexibility index (Phi) is 3.76. The molecule has 5 nitrogen and oxygen atoms in total. The lowest BCUT2D eigenvalue weighted by Gasteiger charge is -2.34. The Hall–Kier alpha value is -2.95. The van der Waals surface area contributed by atoms with Crippen LogP contribution in [0.15, 0.2) is 42.5 Å². The molecule has 0 saturated heterocycles. The van der Waals surface area contributed by atoms with Crippen molar-refractivity contribution in [3.8, 4) is 5.75 Å². The molecule has 2 aliphatic carbocycles. The SMILES string of the molecule is COc1ccccc1C(=O)Nc1ccc2nc3c(nc2c1)C1CCC3(C)C1(C)C. The van der Waals surface area contributed by atoms with Gasteiger partial charge in [-0.15, -0.1) is 0 Å². The van der Waals surface area contributed by atoms with Gasteiger partial charge < -0.3 is 10.1 Å². The molecule has 0 spiro atoms. The van der Waals surface area contributed by atoms with Crippen LogP contribution in [-0.2, 0) is 5.41 Å². The van der Waals surface area contributed by atoms with E-state index in [4.69, 9.17) is 14.7 Å². The van der Waals surface area contributed by atoms with Crippen LogP contribution in [0.2, 0.25) is 0 Å². The Morgan fingerprint density at radius 2 is 1.90 bits per heavy atom. The molecule has 2 aliphatic rings. The number of ether oxygens (including phenoxy) is 1. The third-order valence-corrected chi connectivity index (χ3v) is 7.38. The van der Waals surface area contributed by atoms with E-state index in [-0.39, 0.29) is 16.7 Å². The van der Waals surface area contributed by atoms with Crippen LogP contribution in [0.1, 0.15) is 61.3 Å². The zero-order chi connectivity index (χ0) is 20.4. The number of hydrogen-bond donors (Lipinski definition) is 1. The predicted molar refractivity (Wildman–Crippen MR) is 114 cm³/mol. The van der Waals surface area contributed by atoms with Crippen LogP contribution in [0.4, 0.5) is 5.69 Å². The first-order valence-electron chi connectivity index (χ1n) is 10.1. The van der Waals surface area contributed by atoms with Gasteiger partial charge in [-0.3, -0.25) is 4.79 Å². The number of nitrogens with zero attached hydrogens (tertiary/aromatic N) is 2. The minimum Gasteiger partial charge on any atom is -0.496 e. The minimum atomic E-state index is -0.205. The van der Waals surface area contributed by atoms with Crippen molar-refractivity contribution < 1.29 is 9.53 Å². The summed E-state index contributed by atoms with van der Waals surface area (Å²) in [5.41, 5.74) is 5.48. The zero-order valence-corrected chi connectivity index (χ0v) is 17.2. The topological polar surface area (TPSA) is 64.1 Å². The van der Waals surface area contributed by atoms with Gasteiger partial charge in [0.2, 0.25) is 0 Å². The average Bonchev–Trinajstić information content (AvgIpc) is 3.04. The molecular weight excluding hydrogens is 362 g/mol. The number of rotatable bonds is 3. The molecule has 2 atom stereocenters. The molecule has 5 heteroatoms. The lowest BCUT2D eigenvalue weighted by Crippen LogP contribution is -2.31. The highest BCUT2D eigenvalue weighted by Crippen LogP contribution is 2.66. The number of aromatic nitrogens is 2. The van der Waals surface area contributed by atoms with E-state index in [1.165, 1.54) is 12.8 Å². The van der Waals surface area contributed by atoms with Crippen LogP contribution >= 0.6 is 0 Å². The van der Waals surface area contributed by atoms with E-state index in [1.807, 2.05) is 30.3 Å². The normalized spacial score (nSPS) is 23.8. The van der Waals surface area contributed by atoms with Gasteiger partial charge in [-0.2, -0.15) is 0 Å². The van der Waals surface area contributed by atoms with Crippen molar-refractivity contribution in [3.63, 3.8) is 0 Å². The van der Waals surface area contributed by atoms with Gasteiger partial charge in [-0.25, -0.2) is 9.97 Å². The fraction of sp³-hybridized carbons (Fsp3) is 0.375. The number of methoxy groups -OCH3 is 1. The van der Waals surface area contributed by atoms with Gasteiger partial charge in [0, 0.05) is 17.0 Å². The molecular formula is C24H25N3O2. The van der Waals surface area contributed by atoms with E-state index >= 15 is 0 Å². The second-order valence-corrected chi connectivity index (χ2v) is 8.96. The molecule has 2 aromatic carbocycles. The lowest BCUT2D eigenvalue weighted by molar-refractivity contribution is 0.102. The van der Waals surface area contributed by atoms with Gasteiger partial charge >= 0.3 is 0 Å². The van der Waals surface area contributed by atoms with Crippen LogP contribution in [-0.4, -0.2) is 23.0 Å². The summed E-state index contributed by atoms with van der Waals surface area (Å²) in [4.78, 5) is 22.8. The van der Waals surface area contributed by atoms with Crippen molar-refractivity contribution in [2.24, 2.45) is 5.41 Å².